The molecule has 1 atom stereocenters. The van der Waals surface area contributed by atoms with Crippen LogP contribution in [0.3, 0.4) is 0 Å². The molecule has 1 aliphatic heterocycles. The van der Waals surface area contributed by atoms with E-state index in [9.17, 15) is 0 Å². The Morgan fingerprint density at radius 2 is 2.30 bits per heavy atom. The zero-order chi connectivity index (χ0) is 16.2. The van der Waals surface area contributed by atoms with Crippen molar-refractivity contribution >= 4 is 11.3 Å². The van der Waals surface area contributed by atoms with Crippen LogP contribution in [0.25, 0.3) is 0 Å². The molecular formula is C16H25N5OS. The molecule has 0 N–H and O–H groups in total. The molecule has 0 unspecified atom stereocenters. The van der Waals surface area contributed by atoms with Gasteiger partial charge >= 0.3 is 0 Å². The molecule has 7 heteroatoms. The van der Waals surface area contributed by atoms with Crippen molar-refractivity contribution in [2.24, 2.45) is 13.0 Å². The second-order valence-electron chi connectivity index (χ2n) is 6.56. The summed E-state index contributed by atoms with van der Waals surface area (Å²) in [4.78, 5) is 7.18. The van der Waals surface area contributed by atoms with Gasteiger partial charge in [-0.15, -0.1) is 21.5 Å². The minimum atomic E-state index is -0.00435. The molecule has 0 aromatic carbocycles. The number of thiazole rings is 1. The average molecular weight is 335 g/mol. The van der Waals surface area contributed by atoms with Crippen LogP contribution in [0, 0.1) is 5.92 Å². The van der Waals surface area contributed by atoms with E-state index in [0.29, 0.717) is 0 Å². The molecule has 1 fully saturated rings. The quantitative estimate of drug-likeness (QED) is 0.811. The third kappa shape index (κ3) is 4.37. The summed E-state index contributed by atoms with van der Waals surface area (Å²) < 4.78 is 7.79. The van der Waals surface area contributed by atoms with Gasteiger partial charge in [0.2, 0.25) is 0 Å². The summed E-state index contributed by atoms with van der Waals surface area (Å²) in [5, 5.41) is 11.6. The summed E-state index contributed by atoms with van der Waals surface area (Å²) in [5.41, 5.74) is 1.17. The highest BCUT2D eigenvalue weighted by molar-refractivity contribution is 7.09. The molecule has 126 valence electrons. The number of aromatic nitrogens is 4. The van der Waals surface area contributed by atoms with Gasteiger partial charge in [-0.1, -0.05) is 13.8 Å². The average Bonchev–Trinajstić information content (AvgIpc) is 3.14. The molecule has 3 rings (SSSR count). The van der Waals surface area contributed by atoms with Crippen molar-refractivity contribution in [1.29, 1.82) is 0 Å². The Labute approximate surface area is 141 Å². The van der Waals surface area contributed by atoms with Gasteiger partial charge in [0.1, 0.15) is 12.4 Å². The van der Waals surface area contributed by atoms with Crippen LogP contribution in [0.15, 0.2) is 11.7 Å². The fraction of sp³-hybridized carbons (Fsp3) is 0.688. The van der Waals surface area contributed by atoms with Gasteiger partial charge in [0.05, 0.1) is 17.3 Å². The predicted octanol–water partition coefficient (Wildman–Crippen LogP) is 2.43. The van der Waals surface area contributed by atoms with E-state index < -0.39 is 0 Å². The van der Waals surface area contributed by atoms with Gasteiger partial charge in [0, 0.05) is 32.1 Å². The van der Waals surface area contributed by atoms with Crippen molar-refractivity contribution in [3.05, 3.63) is 28.2 Å². The Balaban J connectivity index is 1.56. The van der Waals surface area contributed by atoms with Crippen molar-refractivity contribution in [3.8, 4) is 0 Å². The molecule has 3 heterocycles. The van der Waals surface area contributed by atoms with E-state index in [1.54, 1.807) is 17.7 Å². The first-order chi connectivity index (χ1) is 11.1. The highest BCUT2D eigenvalue weighted by Gasteiger charge is 2.25. The molecule has 0 amide bonds. The van der Waals surface area contributed by atoms with Crippen LogP contribution in [0.4, 0.5) is 0 Å². The molecule has 1 aliphatic rings. The lowest BCUT2D eigenvalue weighted by atomic mass is 10.1. The number of aryl methyl sites for hydroxylation is 2. The lowest BCUT2D eigenvalue weighted by Crippen LogP contribution is -2.38. The highest BCUT2D eigenvalue weighted by atomic mass is 32.1. The molecule has 2 aromatic heterocycles. The van der Waals surface area contributed by atoms with Crippen LogP contribution in [0.1, 0.15) is 42.9 Å². The third-order valence-corrected chi connectivity index (χ3v) is 5.06. The SMILES string of the molecule is CC(C)CCc1nc(CN2CCO[C@@H](c3nncn3C)C2)cs1. The van der Waals surface area contributed by atoms with E-state index in [1.165, 1.54) is 17.1 Å². The fourth-order valence-corrected chi connectivity index (χ4v) is 3.57. The summed E-state index contributed by atoms with van der Waals surface area (Å²) in [5.74, 6) is 1.62. The Hall–Kier alpha value is -1.31. The summed E-state index contributed by atoms with van der Waals surface area (Å²) in [6.07, 6.45) is 4.01. The number of hydrogen-bond acceptors (Lipinski definition) is 6. The maximum Gasteiger partial charge on any atom is 0.163 e. The zero-order valence-electron chi connectivity index (χ0n) is 14.1. The number of rotatable bonds is 6. The normalized spacial score (nSPS) is 19.6. The van der Waals surface area contributed by atoms with E-state index in [0.717, 1.165) is 44.4 Å². The standard InChI is InChI=1S/C16H25N5OS/c1-12(2)4-5-15-18-13(10-23-15)8-21-6-7-22-14(9-21)16-19-17-11-20(16)3/h10-12,14H,4-9H2,1-3H3/t14-/m1/s1. The van der Waals surface area contributed by atoms with Gasteiger partial charge < -0.3 is 9.30 Å². The fourth-order valence-electron chi connectivity index (χ4n) is 2.76. The molecule has 0 spiro atoms. The molecule has 1 saturated heterocycles. The zero-order valence-corrected chi connectivity index (χ0v) is 14.9. The Bertz CT molecular complexity index is 624. The van der Waals surface area contributed by atoms with E-state index in [2.05, 4.69) is 34.3 Å². The largest absolute Gasteiger partial charge is 0.368 e. The minimum Gasteiger partial charge on any atom is -0.368 e. The predicted molar refractivity (Wildman–Crippen MR) is 90.2 cm³/mol. The Kier molecular flexibility index (Phi) is 5.40. The van der Waals surface area contributed by atoms with E-state index in [1.807, 2.05) is 11.6 Å². The summed E-state index contributed by atoms with van der Waals surface area (Å²) in [7, 11) is 1.96. The molecule has 0 bridgehead atoms. The monoisotopic (exact) mass is 335 g/mol. The molecule has 0 radical (unpaired) electrons. The minimum absolute atomic E-state index is 0.00435. The smallest absolute Gasteiger partial charge is 0.163 e. The van der Waals surface area contributed by atoms with Crippen LogP contribution in [0.2, 0.25) is 0 Å². The van der Waals surface area contributed by atoms with Gasteiger partial charge in [0.25, 0.3) is 0 Å². The first-order valence-electron chi connectivity index (χ1n) is 8.23. The number of ether oxygens (including phenoxy) is 1. The number of hydrogen-bond donors (Lipinski definition) is 0. The third-order valence-electron chi connectivity index (χ3n) is 4.11. The molecule has 2 aromatic rings. The van der Waals surface area contributed by atoms with Crippen molar-refractivity contribution < 1.29 is 4.74 Å². The molecule has 0 aliphatic carbocycles. The second kappa shape index (κ2) is 7.51. The molecule has 0 saturated carbocycles. The second-order valence-corrected chi connectivity index (χ2v) is 7.50. The van der Waals surface area contributed by atoms with Gasteiger partial charge in [0.15, 0.2) is 5.82 Å². The molecular weight excluding hydrogens is 310 g/mol. The van der Waals surface area contributed by atoms with Gasteiger partial charge in [-0.3, -0.25) is 4.90 Å². The summed E-state index contributed by atoms with van der Waals surface area (Å²) in [6.45, 7) is 7.90. The lowest BCUT2D eigenvalue weighted by Gasteiger charge is -2.31. The van der Waals surface area contributed by atoms with Gasteiger partial charge in [-0.2, -0.15) is 0 Å². The highest BCUT2D eigenvalue weighted by Crippen LogP contribution is 2.22. The lowest BCUT2D eigenvalue weighted by molar-refractivity contribution is -0.0388. The van der Waals surface area contributed by atoms with E-state index in [-0.39, 0.29) is 6.10 Å². The van der Waals surface area contributed by atoms with E-state index >= 15 is 0 Å². The summed E-state index contributed by atoms with van der Waals surface area (Å²) >= 11 is 1.79. The Morgan fingerprint density at radius 3 is 3.04 bits per heavy atom. The van der Waals surface area contributed by atoms with Crippen LogP contribution in [-0.4, -0.2) is 44.3 Å². The van der Waals surface area contributed by atoms with Crippen molar-refractivity contribution in [2.75, 3.05) is 19.7 Å². The van der Waals surface area contributed by atoms with Crippen molar-refractivity contribution in [1.82, 2.24) is 24.6 Å². The Morgan fingerprint density at radius 1 is 1.43 bits per heavy atom. The first-order valence-corrected chi connectivity index (χ1v) is 9.11. The van der Waals surface area contributed by atoms with Crippen LogP contribution in [-0.2, 0) is 24.8 Å². The maximum atomic E-state index is 5.86. The van der Waals surface area contributed by atoms with Crippen molar-refractivity contribution in [3.63, 3.8) is 0 Å². The van der Waals surface area contributed by atoms with Crippen molar-refractivity contribution in [2.45, 2.75) is 39.3 Å². The maximum absolute atomic E-state index is 5.86. The molecule has 23 heavy (non-hydrogen) atoms. The number of morpholine rings is 1. The van der Waals surface area contributed by atoms with Crippen LogP contribution < -0.4 is 0 Å². The first kappa shape index (κ1) is 16.5. The van der Waals surface area contributed by atoms with Crippen LogP contribution in [0.5, 0.6) is 0 Å². The van der Waals surface area contributed by atoms with Crippen LogP contribution >= 0.6 is 11.3 Å². The molecule has 6 nitrogen and oxygen atoms in total. The topological polar surface area (TPSA) is 56.1 Å². The van der Waals surface area contributed by atoms with E-state index in [4.69, 9.17) is 9.72 Å². The number of nitrogens with zero attached hydrogens (tertiary/aromatic N) is 5. The van der Waals surface area contributed by atoms with Gasteiger partial charge in [-0.25, -0.2) is 4.98 Å². The van der Waals surface area contributed by atoms with Gasteiger partial charge in [-0.05, 0) is 18.8 Å². The summed E-state index contributed by atoms with van der Waals surface area (Å²) in [6, 6.07) is 0.